The summed E-state index contributed by atoms with van der Waals surface area (Å²) in [7, 11) is 0. The Morgan fingerprint density at radius 1 is 1.24 bits per heavy atom. The minimum absolute atomic E-state index is 0.0227. The van der Waals surface area contributed by atoms with E-state index in [-0.39, 0.29) is 33.2 Å². The Bertz CT molecular complexity index is 912. The number of aromatic amines is 1. The van der Waals surface area contributed by atoms with Gasteiger partial charge in [-0.1, -0.05) is 43.6 Å². The fraction of sp³-hybridized carbons (Fsp3) is 0.176. The van der Waals surface area contributed by atoms with Crippen LogP contribution in [0.4, 0.5) is 0 Å². The van der Waals surface area contributed by atoms with E-state index < -0.39 is 0 Å². The summed E-state index contributed by atoms with van der Waals surface area (Å²) in [5.74, 6) is 1.01. The Hall–Kier alpha value is -2.44. The fourth-order valence-corrected chi connectivity index (χ4v) is 2.83. The number of allylic oxidation sites excluding steroid dienone is 1. The number of aromatic nitrogens is 2. The third kappa shape index (κ3) is 3.65. The number of ether oxygens (including phenoxy) is 1. The Morgan fingerprint density at radius 3 is 2.48 bits per heavy atom. The topological polar surface area (TPSA) is 76.2 Å². The van der Waals surface area contributed by atoms with Gasteiger partial charge < -0.3 is 9.57 Å². The third-order valence-corrected chi connectivity index (χ3v) is 4.08. The first-order chi connectivity index (χ1) is 11.8. The second-order valence-corrected chi connectivity index (χ2v) is 6.57. The van der Waals surface area contributed by atoms with Crippen LogP contribution in [0.5, 0.6) is 11.6 Å². The standard InChI is InChI=1S/C17H15Cl2N3O3/c1-8(2)11-7-15(20-21-17(11)23)24-16-12(18)5-10(6-13(16)19)14-4-9(3)22-25-14/h4-8,22H,3H2,1-2H3,(H,21,23). The predicted molar refractivity (Wildman–Crippen MR) is 96.8 cm³/mol. The van der Waals surface area contributed by atoms with Crippen LogP contribution < -0.4 is 15.8 Å². The highest BCUT2D eigenvalue weighted by Gasteiger charge is 2.18. The van der Waals surface area contributed by atoms with Gasteiger partial charge in [-0.2, -0.15) is 0 Å². The van der Waals surface area contributed by atoms with Crippen LogP contribution in [0.15, 0.2) is 41.3 Å². The van der Waals surface area contributed by atoms with E-state index in [0.717, 1.165) is 0 Å². The molecule has 0 unspecified atom stereocenters. The van der Waals surface area contributed by atoms with E-state index >= 15 is 0 Å². The zero-order valence-corrected chi connectivity index (χ0v) is 15.0. The second kappa shape index (κ2) is 6.82. The van der Waals surface area contributed by atoms with Crippen molar-refractivity contribution in [2.24, 2.45) is 0 Å². The van der Waals surface area contributed by atoms with Crippen LogP contribution in [0, 0.1) is 0 Å². The van der Waals surface area contributed by atoms with Crippen molar-refractivity contribution in [1.29, 1.82) is 0 Å². The summed E-state index contributed by atoms with van der Waals surface area (Å²) in [5.41, 5.74) is 4.24. The van der Waals surface area contributed by atoms with Crippen molar-refractivity contribution < 1.29 is 9.57 Å². The molecule has 1 aromatic carbocycles. The normalized spacial score (nSPS) is 13.5. The van der Waals surface area contributed by atoms with Crippen LogP contribution in [-0.4, -0.2) is 10.2 Å². The van der Waals surface area contributed by atoms with Gasteiger partial charge in [0.05, 0.1) is 15.7 Å². The van der Waals surface area contributed by atoms with Gasteiger partial charge in [-0.25, -0.2) is 10.6 Å². The van der Waals surface area contributed by atoms with Gasteiger partial charge in [-0.15, -0.1) is 5.10 Å². The predicted octanol–water partition coefficient (Wildman–Crippen LogP) is 4.38. The molecule has 0 aliphatic carbocycles. The lowest BCUT2D eigenvalue weighted by atomic mass is 10.1. The van der Waals surface area contributed by atoms with Crippen LogP contribution in [0.25, 0.3) is 5.76 Å². The summed E-state index contributed by atoms with van der Waals surface area (Å²) in [6.45, 7) is 7.54. The largest absolute Gasteiger partial charge is 0.434 e. The smallest absolute Gasteiger partial charge is 0.267 e. The molecule has 2 N–H and O–H groups in total. The van der Waals surface area contributed by atoms with Gasteiger partial charge in [-0.3, -0.25) is 4.79 Å². The molecule has 1 aliphatic rings. The molecule has 2 aromatic rings. The monoisotopic (exact) mass is 379 g/mol. The van der Waals surface area contributed by atoms with Crippen molar-refractivity contribution in [1.82, 2.24) is 15.7 Å². The minimum atomic E-state index is -0.257. The molecule has 0 atom stereocenters. The van der Waals surface area contributed by atoms with E-state index in [1.165, 1.54) is 0 Å². The van der Waals surface area contributed by atoms with E-state index in [9.17, 15) is 4.79 Å². The van der Waals surface area contributed by atoms with Gasteiger partial charge in [0.2, 0.25) is 5.88 Å². The number of rotatable bonds is 4. The van der Waals surface area contributed by atoms with E-state index in [0.29, 0.717) is 22.6 Å². The lowest BCUT2D eigenvalue weighted by Crippen LogP contribution is -2.15. The molecule has 25 heavy (non-hydrogen) atoms. The molecule has 0 bridgehead atoms. The van der Waals surface area contributed by atoms with Crippen molar-refractivity contribution in [2.75, 3.05) is 0 Å². The summed E-state index contributed by atoms with van der Waals surface area (Å²) >= 11 is 12.6. The lowest BCUT2D eigenvalue weighted by Gasteiger charge is -2.12. The van der Waals surface area contributed by atoms with Crippen molar-refractivity contribution in [3.63, 3.8) is 0 Å². The van der Waals surface area contributed by atoms with Gasteiger partial charge in [0.1, 0.15) is 0 Å². The van der Waals surface area contributed by atoms with Gasteiger partial charge in [0, 0.05) is 23.3 Å². The zero-order valence-electron chi connectivity index (χ0n) is 13.5. The van der Waals surface area contributed by atoms with Crippen molar-refractivity contribution >= 4 is 29.0 Å². The molecule has 0 spiro atoms. The van der Waals surface area contributed by atoms with Crippen molar-refractivity contribution in [3.05, 3.63) is 68.1 Å². The van der Waals surface area contributed by atoms with E-state index in [4.69, 9.17) is 32.8 Å². The summed E-state index contributed by atoms with van der Waals surface area (Å²) in [5, 5.41) is 6.84. The quantitative estimate of drug-likeness (QED) is 0.823. The molecule has 1 aromatic heterocycles. The zero-order chi connectivity index (χ0) is 18.1. The van der Waals surface area contributed by atoms with Crippen LogP contribution >= 0.6 is 23.2 Å². The maximum Gasteiger partial charge on any atom is 0.267 e. The van der Waals surface area contributed by atoms with E-state index in [1.807, 2.05) is 13.8 Å². The number of halogens is 2. The molecule has 0 radical (unpaired) electrons. The van der Waals surface area contributed by atoms with Gasteiger partial charge in [0.25, 0.3) is 5.56 Å². The molecule has 2 heterocycles. The average molecular weight is 380 g/mol. The third-order valence-electron chi connectivity index (χ3n) is 3.52. The molecule has 0 saturated heterocycles. The van der Waals surface area contributed by atoms with Gasteiger partial charge >= 0.3 is 0 Å². The number of H-pyrrole nitrogens is 1. The highest BCUT2D eigenvalue weighted by molar-refractivity contribution is 6.37. The number of hydroxylamine groups is 1. The van der Waals surface area contributed by atoms with Gasteiger partial charge in [0.15, 0.2) is 11.5 Å². The molecular formula is C17H15Cl2N3O3. The molecule has 6 nitrogen and oxygen atoms in total. The molecule has 0 amide bonds. The second-order valence-electron chi connectivity index (χ2n) is 5.75. The Labute approximate surface area is 154 Å². The van der Waals surface area contributed by atoms with Crippen LogP contribution in [-0.2, 0) is 4.84 Å². The van der Waals surface area contributed by atoms with Gasteiger partial charge in [-0.05, 0) is 18.1 Å². The number of nitrogens with one attached hydrogen (secondary N) is 2. The molecule has 8 heteroatoms. The molecule has 0 saturated carbocycles. The van der Waals surface area contributed by atoms with Crippen LogP contribution in [0.3, 0.4) is 0 Å². The Kier molecular flexibility index (Phi) is 4.74. The highest BCUT2D eigenvalue weighted by atomic mass is 35.5. The number of hydrogen-bond donors (Lipinski definition) is 2. The number of benzene rings is 1. The van der Waals surface area contributed by atoms with Crippen LogP contribution in [0.2, 0.25) is 10.0 Å². The maximum atomic E-state index is 11.8. The molecular weight excluding hydrogens is 365 g/mol. The molecule has 1 aliphatic heterocycles. The Morgan fingerprint density at radius 2 is 1.92 bits per heavy atom. The fourth-order valence-electron chi connectivity index (χ4n) is 2.27. The number of hydrogen-bond acceptors (Lipinski definition) is 5. The molecule has 3 rings (SSSR count). The maximum absolute atomic E-state index is 11.8. The first-order valence-corrected chi connectivity index (χ1v) is 8.21. The first kappa shape index (κ1) is 17.4. The minimum Gasteiger partial charge on any atom is -0.434 e. The molecule has 0 fully saturated rings. The van der Waals surface area contributed by atoms with Crippen molar-refractivity contribution in [2.45, 2.75) is 19.8 Å². The Balaban J connectivity index is 1.94. The van der Waals surface area contributed by atoms with Crippen molar-refractivity contribution in [3.8, 4) is 11.6 Å². The summed E-state index contributed by atoms with van der Waals surface area (Å²) < 4.78 is 5.69. The summed E-state index contributed by atoms with van der Waals surface area (Å²) in [6, 6.07) is 4.88. The molecule has 130 valence electrons. The highest BCUT2D eigenvalue weighted by Crippen LogP contribution is 2.39. The van der Waals surface area contributed by atoms with E-state index in [2.05, 4.69) is 22.3 Å². The van der Waals surface area contributed by atoms with Crippen LogP contribution in [0.1, 0.15) is 30.9 Å². The number of nitrogens with zero attached hydrogens (tertiary/aromatic N) is 1. The van der Waals surface area contributed by atoms with E-state index in [1.54, 1.807) is 24.3 Å². The summed E-state index contributed by atoms with van der Waals surface area (Å²) in [6.07, 6.45) is 1.72. The lowest BCUT2D eigenvalue weighted by molar-refractivity contribution is 0.211. The average Bonchev–Trinajstić information content (AvgIpc) is 2.98. The summed E-state index contributed by atoms with van der Waals surface area (Å²) in [4.78, 5) is 17.0. The first-order valence-electron chi connectivity index (χ1n) is 7.45. The SMILES string of the molecule is C=C1C=C(c2cc(Cl)c(Oc3cc(C(C)C)c(=O)[nH]n3)c(Cl)c2)ON1.